The van der Waals surface area contributed by atoms with Crippen LogP contribution in [0.15, 0.2) is 30.3 Å². The van der Waals surface area contributed by atoms with E-state index in [-0.39, 0.29) is 11.8 Å². The van der Waals surface area contributed by atoms with Crippen molar-refractivity contribution in [1.82, 2.24) is 10.2 Å². The molecule has 0 aliphatic rings. The van der Waals surface area contributed by atoms with E-state index in [0.717, 1.165) is 6.42 Å². The lowest BCUT2D eigenvalue weighted by atomic mass is 9.95. The van der Waals surface area contributed by atoms with Crippen LogP contribution in [-0.4, -0.2) is 42.4 Å². The van der Waals surface area contributed by atoms with Gasteiger partial charge in [0.2, 0.25) is 11.8 Å². The number of hydrogen-bond donors (Lipinski definition) is 2. The van der Waals surface area contributed by atoms with E-state index in [1.54, 1.807) is 11.8 Å². The lowest BCUT2D eigenvalue weighted by Crippen LogP contribution is -2.51. The Balaban J connectivity index is 2.64. The first-order valence-electron chi connectivity index (χ1n) is 8.09. The first-order chi connectivity index (χ1) is 10.8. The number of nitrogens with two attached hydrogens (primary N) is 1. The van der Waals surface area contributed by atoms with Gasteiger partial charge in [-0.1, -0.05) is 51.1 Å². The molecule has 1 aromatic carbocycles. The molecular weight excluding hydrogens is 290 g/mol. The molecule has 0 aliphatic heterocycles. The number of hydrogen-bond acceptors (Lipinski definition) is 3. The fourth-order valence-electron chi connectivity index (χ4n) is 2.15. The summed E-state index contributed by atoms with van der Waals surface area (Å²) in [5, 5.41) is 2.79. The maximum absolute atomic E-state index is 12.6. The predicted octanol–water partition coefficient (Wildman–Crippen LogP) is 1.57. The van der Waals surface area contributed by atoms with E-state index in [4.69, 9.17) is 5.73 Å². The Morgan fingerprint density at radius 1 is 1.17 bits per heavy atom. The van der Waals surface area contributed by atoms with Gasteiger partial charge in [-0.3, -0.25) is 9.59 Å². The van der Waals surface area contributed by atoms with Crippen molar-refractivity contribution in [3.8, 4) is 0 Å². The van der Waals surface area contributed by atoms with Gasteiger partial charge in [-0.25, -0.2) is 0 Å². The van der Waals surface area contributed by atoms with Crippen molar-refractivity contribution < 1.29 is 9.59 Å². The molecule has 0 aliphatic carbocycles. The largest absolute Gasteiger partial charge is 0.344 e. The molecule has 0 spiro atoms. The molecule has 0 aromatic heterocycles. The maximum atomic E-state index is 12.6. The van der Waals surface area contributed by atoms with Gasteiger partial charge in [0.1, 0.15) is 6.04 Å². The van der Waals surface area contributed by atoms with Crippen molar-refractivity contribution in [3.05, 3.63) is 35.9 Å². The molecule has 0 heterocycles. The summed E-state index contributed by atoms with van der Waals surface area (Å²) < 4.78 is 0. The number of nitrogens with zero attached hydrogens (tertiary/aromatic N) is 1. The lowest BCUT2D eigenvalue weighted by Gasteiger charge is -2.27. The topological polar surface area (TPSA) is 75.4 Å². The molecule has 0 radical (unpaired) electrons. The monoisotopic (exact) mass is 319 g/mol. The number of benzene rings is 1. The minimum atomic E-state index is -0.552. The van der Waals surface area contributed by atoms with E-state index < -0.39 is 11.5 Å². The molecule has 2 amide bonds. The summed E-state index contributed by atoms with van der Waals surface area (Å²) in [5.41, 5.74) is 6.28. The third-order valence-electron chi connectivity index (χ3n) is 3.62. The second-order valence-corrected chi connectivity index (χ2v) is 6.79. The Hall–Kier alpha value is -1.88. The molecule has 1 atom stereocenters. The Morgan fingerprint density at radius 2 is 1.78 bits per heavy atom. The van der Waals surface area contributed by atoms with Crippen molar-refractivity contribution in [2.75, 3.05) is 19.6 Å². The van der Waals surface area contributed by atoms with Crippen molar-refractivity contribution in [1.29, 1.82) is 0 Å². The van der Waals surface area contributed by atoms with Gasteiger partial charge < -0.3 is 16.0 Å². The molecule has 3 N–H and O–H groups in total. The Morgan fingerprint density at radius 3 is 2.30 bits per heavy atom. The number of carbonyl (C=O) groups excluding carboxylic acids is 2. The van der Waals surface area contributed by atoms with E-state index >= 15 is 0 Å². The highest BCUT2D eigenvalue weighted by atomic mass is 16.2. The third kappa shape index (κ3) is 6.40. The number of nitrogens with one attached hydrogen (secondary N) is 1. The normalized spacial score (nSPS) is 12.6. The molecule has 5 heteroatoms. The first kappa shape index (κ1) is 19.2. The van der Waals surface area contributed by atoms with Crippen molar-refractivity contribution in [2.24, 2.45) is 11.1 Å². The summed E-state index contributed by atoms with van der Waals surface area (Å²) in [5.74, 6) is -0.224. The molecule has 23 heavy (non-hydrogen) atoms. The third-order valence-corrected chi connectivity index (χ3v) is 3.62. The van der Waals surface area contributed by atoms with Crippen LogP contribution in [0.3, 0.4) is 0 Å². The molecular formula is C18H29N3O2. The van der Waals surface area contributed by atoms with Gasteiger partial charge in [0.15, 0.2) is 0 Å². The molecule has 1 unspecified atom stereocenters. The Labute approximate surface area is 139 Å². The van der Waals surface area contributed by atoms with Crippen LogP contribution in [0.5, 0.6) is 0 Å². The zero-order valence-corrected chi connectivity index (χ0v) is 14.6. The van der Waals surface area contributed by atoms with Gasteiger partial charge in [-0.15, -0.1) is 0 Å². The molecule has 0 saturated heterocycles. The Kier molecular flexibility index (Phi) is 7.23. The fourth-order valence-corrected chi connectivity index (χ4v) is 2.15. The summed E-state index contributed by atoms with van der Waals surface area (Å²) in [7, 11) is 0. The smallest absolute Gasteiger partial charge is 0.244 e. The maximum Gasteiger partial charge on any atom is 0.244 e. The van der Waals surface area contributed by atoms with Gasteiger partial charge in [0.25, 0.3) is 0 Å². The van der Waals surface area contributed by atoms with Crippen molar-refractivity contribution in [3.63, 3.8) is 0 Å². The van der Waals surface area contributed by atoms with Crippen molar-refractivity contribution >= 4 is 11.8 Å². The molecule has 5 nitrogen and oxygen atoms in total. The summed E-state index contributed by atoms with van der Waals surface area (Å²) in [4.78, 5) is 26.3. The molecule has 0 saturated carbocycles. The predicted molar refractivity (Wildman–Crippen MR) is 92.8 cm³/mol. The SMILES string of the molecule is CC(NC(=O)C(C)(C)C)C(=O)N(CCN)CCc1ccccc1. The lowest BCUT2D eigenvalue weighted by molar-refractivity contribution is -0.138. The first-order valence-corrected chi connectivity index (χ1v) is 8.09. The molecule has 128 valence electrons. The van der Waals surface area contributed by atoms with E-state index in [9.17, 15) is 9.59 Å². The van der Waals surface area contributed by atoms with Crippen LogP contribution in [-0.2, 0) is 16.0 Å². The summed E-state index contributed by atoms with van der Waals surface area (Å²) in [6.45, 7) is 8.68. The van der Waals surface area contributed by atoms with Crippen LogP contribution < -0.4 is 11.1 Å². The minimum Gasteiger partial charge on any atom is -0.344 e. The highest BCUT2D eigenvalue weighted by Gasteiger charge is 2.27. The van der Waals surface area contributed by atoms with Gasteiger partial charge in [0.05, 0.1) is 0 Å². The van der Waals surface area contributed by atoms with Gasteiger partial charge in [-0.05, 0) is 18.9 Å². The quantitative estimate of drug-likeness (QED) is 0.801. The number of amides is 2. The highest BCUT2D eigenvalue weighted by molar-refractivity contribution is 5.89. The van der Waals surface area contributed by atoms with E-state index in [2.05, 4.69) is 5.32 Å². The van der Waals surface area contributed by atoms with Crippen molar-refractivity contribution in [2.45, 2.75) is 40.2 Å². The molecule has 0 bridgehead atoms. The molecule has 0 fully saturated rings. The average Bonchev–Trinajstić information content (AvgIpc) is 2.50. The van der Waals surface area contributed by atoms with E-state index in [1.165, 1.54) is 5.56 Å². The van der Waals surface area contributed by atoms with E-state index in [1.807, 2.05) is 51.1 Å². The fraction of sp³-hybridized carbons (Fsp3) is 0.556. The summed E-state index contributed by atoms with van der Waals surface area (Å²) in [6, 6.07) is 9.46. The summed E-state index contributed by atoms with van der Waals surface area (Å²) in [6.07, 6.45) is 0.770. The summed E-state index contributed by atoms with van der Waals surface area (Å²) >= 11 is 0. The van der Waals surface area contributed by atoms with Crippen LogP contribution in [0.1, 0.15) is 33.3 Å². The Bertz CT molecular complexity index is 509. The number of carbonyl (C=O) groups is 2. The zero-order chi connectivity index (χ0) is 17.5. The van der Waals surface area contributed by atoms with Crippen LogP contribution in [0.25, 0.3) is 0 Å². The van der Waals surface area contributed by atoms with Crippen LogP contribution in [0.2, 0.25) is 0 Å². The average molecular weight is 319 g/mol. The van der Waals surface area contributed by atoms with Crippen LogP contribution in [0.4, 0.5) is 0 Å². The minimum absolute atomic E-state index is 0.0935. The van der Waals surface area contributed by atoms with Gasteiger partial charge in [-0.2, -0.15) is 0 Å². The van der Waals surface area contributed by atoms with Crippen LogP contribution in [0, 0.1) is 5.41 Å². The second kappa shape index (κ2) is 8.67. The second-order valence-electron chi connectivity index (χ2n) is 6.79. The molecule has 1 rings (SSSR count). The zero-order valence-electron chi connectivity index (χ0n) is 14.6. The standard InChI is InChI=1S/C18H29N3O2/c1-14(20-17(23)18(2,3)4)16(22)21(13-11-19)12-10-15-8-6-5-7-9-15/h5-9,14H,10-13,19H2,1-4H3,(H,20,23). The van der Waals surface area contributed by atoms with Gasteiger partial charge in [0, 0.05) is 25.0 Å². The number of rotatable bonds is 7. The van der Waals surface area contributed by atoms with Gasteiger partial charge >= 0.3 is 0 Å². The van der Waals surface area contributed by atoms with Crippen LogP contribution >= 0.6 is 0 Å². The molecule has 1 aromatic rings. The van der Waals surface area contributed by atoms with E-state index in [0.29, 0.717) is 19.6 Å². The highest BCUT2D eigenvalue weighted by Crippen LogP contribution is 2.13.